The lowest BCUT2D eigenvalue weighted by Gasteiger charge is -2.09. The van der Waals surface area contributed by atoms with Gasteiger partial charge in [0.2, 0.25) is 0 Å². The Hall–Kier alpha value is -1.60. The second-order valence-electron chi connectivity index (χ2n) is 4.68. The van der Waals surface area contributed by atoms with Crippen LogP contribution in [0, 0.1) is 5.92 Å². The highest BCUT2D eigenvalue weighted by Crippen LogP contribution is 2.19. The molecule has 2 rings (SSSR count). The molecule has 2 N–H and O–H groups in total. The van der Waals surface area contributed by atoms with Gasteiger partial charge in [-0.15, -0.1) is 0 Å². The summed E-state index contributed by atoms with van der Waals surface area (Å²) in [5.74, 6) is 0.506. The van der Waals surface area contributed by atoms with Gasteiger partial charge in [-0.25, -0.2) is 0 Å². The Morgan fingerprint density at radius 3 is 2.47 bits per heavy atom. The SMILES string of the molecule is CC(C)C(=Cc1ccc2ccccc2c1)CN. The maximum Gasteiger partial charge on any atom is 0.0142 e. The maximum atomic E-state index is 5.77. The van der Waals surface area contributed by atoms with E-state index in [9.17, 15) is 0 Å². The standard InChI is InChI=1S/C16H19N/c1-12(2)16(11-17)10-13-7-8-14-5-3-4-6-15(14)9-13/h3-10,12H,11,17H2,1-2H3. The van der Waals surface area contributed by atoms with Crippen LogP contribution in [0.1, 0.15) is 19.4 Å². The van der Waals surface area contributed by atoms with Crippen molar-refractivity contribution in [1.82, 2.24) is 0 Å². The first kappa shape index (κ1) is 11.9. The van der Waals surface area contributed by atoms with E-state index in [4.69, 9.17) is 5.73 Å². The molecule has 0 saturated heterocycles. The van der Waals surface area contributed by atoms with Gasteiger partial charge >= 0.3 is 0 Å². The highest BCUT2D eigenvalue weighted by molar-refractivity contribution is 5.84. The smallest absolute Gasteiger partial charge is 0.0142 e. The molecule has 0 aliphatic rings. The van der Waals surface area contributed by atoms with Crippen molar-refractivity contribution in [3.05, 3.63) is 53.6 Å². The van der Waals surface area contributed by atoms with Crippen molar-refractivity contribution in [2.24, 2.45) is 11.7 Å². The first-order valence-electron chi connectivity index (χ1n) is 6.10. The van der Waals surface area contributed by atoms with Crippen LogP contribution >= 0.6 is 0 Å². The van der Waals surface area contributed by atoms with E-state index in [-0.39, 0.29) is 0 Å². The van der Waals surface area contributed by atoms with Gasteiger partial charge in [0.1, 0.15) is 0 Å². The van der Waals surface area contributed by atoms with E-state index in [0.29, 0.717) is 12.5 Å². The normalized spacial score (nSPS) is 12.4. The molecule has 0 aliphatic carbocycles. The minimum Gasteiger partial charge on any atom is -0.327 e. The van der Waals surface area contributed by atoms with Crippen LogP contribution in [0.4, 0.5) is 0 Å². The van der Waals surface area contributed by atoms with Crippen LogP contribution in [0.15, 0.2) is 48.0 Å². The monoisotopic (exact) mass is 225 g/mol. The minimum absolute atomic E-state index is 0.506. The summed E-state index contributed by atoms with van der Waals surface area (Å²) < 4.78 is 0. The molecule has 0 amide bonds. The molecule has 88 valence electrons. The first-order valence-corrected chi connectivity index (χ1v) is 6.10. The molecule has 0 aromatic heterocycles. The van der Waals surface area contributed by atoms with Crippen LogP contribution in [-0.4, -0.2) is 6.54 Å². The van der Waals surface area contributed by atoms with Crippen LogP contribution in [0.5, 0.6) is 0 Å². The average molecular weight is 225 g/mol. The molecule has 0 atom stereocenters. The number of benzene rings is 2. The van der Waals surface area contributed by atoms with Crippen molar-refractivity contribution in [2.75, 3.05) is 6.54 Å². The number of fused-ring (bicyclic) bond motifs is 1. The maximum absolute atomic E-state index is 5.77. The first-order chi connectivity index (χ1) is 8.20. The van der Waals surface area contributed by atoms with Crippen LogP contribution < -0.4 is 5.73 Å². The Bertz CT molecular complexity index is 538. The van der Waals surface area contributed by atoms with E-state index in [1.165, 1.54) is 21.9 Å². The fourth-order valence-corrected chi connectivity index (χ4v) is 1.97. The van der Waals surface area contributed by atoms with Gasteiger partial charge in [-0.2, -0.15) is 0 Å². The van der Waals surface area contributed by atoms with E-state index >= 15 is 0 Å². The summed E-state index contributed by atoms with van der Waals surface area (Å²) >= 11 is 0. The molecular formula is C16H19N. The van der Waals surface area contributed by atoms with E-state index < -0.39 is 0 Å². The number of hydrogen-bond acceptors (Lipinski definition) is 1. The van der Waals surface area contributed by atoms with Gasteiger partial charge in [-0.05, 0) is 28.3 Å². The Morgan fingerprint density at radius 1 is 1.12 bits per heavy atom. The second-order valence-corrected chi connectivity index (χ2v) is 4.68. The quantitative estimate of drug-likeness (QED) is 0.844. The molecule has 0 spiro atoms. The van der Waals surface area contributed by atoms with E-state index in [0.717, 1.165) is 0 Å². The molecule has 0 saturated carbocycles. The van der Waals surface area contributed by atoms with Gasteiger partial charge in [-0.3, -0.25) is 0 Å². The van der Waals surface area contributed by atoms with Crippen molar-refractivity contribution in [1.29, 1.82) is 0 Å². The van der Waals surface area contributed by atoms with Crippen LogP contribution in [0.25, 0.3) is 16.8 Å². The summed E-state index contributed by atoms with van der Waals surface area (Å²) in [5, 5.41) is 2.56. The van der Waals surface area contributed by atoms with Crippen LogP contribution in [-0.2, 0) is 0 Å². The molecule has 0 radical (unpaired) electrons. The summed E-state index contributed by atoms with van der Waals surface area (Å²) in [7, 11) is 0. The van der Waals surface area contributed by atoms with E-state index in [2.05, 4.69) is 62.4 Å². The third kappa shape index (κ3) is 2.75. The number of rotatable bonds is 3. The third-order valence-electron chi connectivity index (χ3n) is 3.10. The van der Waals surface area contributed by atoms with Crippen LogP contribution in [0.3, 0.4) is 0 Å². The molecule has 0 bridgehead atoms. The zero-order valence-corrected chi connectivity index (χ0v) is 10.5. The molecule has 0 fully saturated rings. The third-order valence-corrected chi connectivity index (χ3v) is 3.10. The van der Waals surface area contributed by atoms with E-state index in [1.807, 2.05) is 0 Å². The largest absolute Gasteiger partial charge is 0.327 e. The fraction of sp³-hybridized carbons (Fsp3) is 0.250. The van der Waals surface area contributed by atoms with Gasteiger partial charge in [0, 0.05) is 6.54 Å². The van der Waals surface area contributed by atoms with Crippen molar-refractivity contribution >= 4 is 16.8 Å². The lowest BCUT2D eigenvalue weighted by Crippen LogP contribution is -2.08. The summed E-state index contributed by atoms with van der Waals surface area (Å²) in [6.07, 6.45) is 2.21. The van der Waals surface area contributed by atoms with Gasteiger partial charge in [0.05, 0.1) is 0 Å². The van der Waals surface area contributed by atoms with Crippen molar-refractivity contribution in [3.8, 4) is 0 Å². The van der Waals surface area contributed by atoms with Crippen molar-refractivity contribution < 1.29 is 0 Å². The number of nitrogens with two attached hydrogens (primary N) is 1. The molecule has 1 nitrogen and oxygen atoms in total. The fourth-order valence-electron chi connectivity index (χ4n) is 1.97. The predicted octanol–water partition coefficient (Wildman–Crippen LogP) is 3.84. The van der Waals surface area contributed by atoms with Gasteiger partial charge < -0.3 is 5.73 Å². The van der Waals surface area contributed by atoms with Crippen LogP contribution in [0.2, 0.25) is 0 Å². The molecule has 1 heteroatoms. The molecule has 2 aromatic carbocycles. The molecule has 0 unspecified atom stereocenters. The molecule has 2 aromatic rings. The van der Waals surface area contributed by atoms with Crippen molar-refractivity contribution in [3.63, 3.8) is 0 Å². The predicted molar refractivity (Wildman–Crippen MR) is 75.8 cm³/mol. The van der Waals surface area contributed by atoms with Gasteiger partial charge in [-0.1, -0.05) is 61.9 Å². The zero-order chi connectivity index (χ0) is 12.3. The molecule has 0 heterocycles. The summed E-state index contributed by atoms with van der Waals surface area (Å²) in [5.41, 5.74) is 8.29. The van der Waals surface area contributed by atoms with Gasteiger partial charge in [0.25, 0.3) is 0 Å². The minimum atomic E-state index is 0.506. The Balaban J connectivity index is 2.43. The molecule has 17 heavy (non-hydrogen) atoms. The zero-order valence-electron chi connectivity index (χ0n) is 10.5. The summed E-state index contributed by atoms with van der Waals surface area (Å²) in [4.78, 5) is 0. The summed E-state index contributed by atoms with van der Waals surface area (Å²) in [6.45, 7) is 4.99. The Morgan fingerprint density at radius 2 is 1.82 bits per heavy atom. The van der Waals surface area contributed by atoms with E-state index in [1.54, 1.807) is 0 Å². The molecule has 0 aliphatic heterocycles. The highest BCUT2D eigenvalue weighted by atomic mass is 14.5. The summed E-state index contributed by atoms with van der Waals surface area (Å²) in [6, 6.07) is 14.9. The number of hydrogen-bond donors (Lipinski definition) is 1. The Kier molecular flexibility index (Phi) is 3.60. The Labute approximate surface area is 103 Å². The molecular weight excluding hydrogens is 206 g/mol. The lowest BCUT2D eigenvalue weighted by atomic mass is 9.99. The topological polar surface area (TPSA) is 26.0 Å². The average Bonchev–Trinajstić information content (AvgIpc) is 2.35. The van der Waals surface area contributed by atoms with Gasteiger partial charge in [0.15, 0.2) is 0 Å². The highest BCUT2D eigenvalue weighted by Gasteiger charge is 2.01. The van der Waals surface area contributed by atoms with Crippen molar-refractivity contribution in [2.45, 2.75) is 13.8 Å². The lowest BCUT2D eigenvalue weighted by molar-refractivity contribution is 0.753. The second kappa shape index (κ2) is 5.15.